The molecule has 2 heterocycles. The highest BCUT2D eigenvalue weighted by Gasteiger charge is 2.13. The minimum atomic E-state index is 0.00967. The summed E-state index contributed by atoms with van der Waals surface area (Å²) >= 11 is 0. The van der Waals surface area contributed by atoms with Crippen LogP contribution in [0.5, 0.6) is 0 Å². The van der Waals surface area contributed by atoms with Crippen LogP contribution in [0.3, 0.4) is 0 Å². The van der Waals surface area contributed by atoms with E-state index in [2.05, 4.69) is 15.9 Å². The number of carbonyl (C=O) groups is 1. The van der Waals surface area contributed by atoms with Gasteiger partial charge in [0.2, 0.25) is 5.78 Å². The zero-order valence-corrected chi connectivity index (χ0v) is 14.9. The van der Waals surface area contributed by atoms with E-state index in [4.69, 9.17) is 6.57 Å². The highest BCUT2D eigenvalue weighted by molar-refractivity contribution is 6.08. The van der Waals surface area contributed by atoms with Gasteiger partial charge in [-0.05, 0) is 42.1 Å². The largest absolute Gasteiger partial charge is 0.340 e. The fraction of sp³-hybridized carbons (Fsp3) is 0.0870. The number of nitrogens with zero attached hydrogens (tertiary/aromatic N) is 3. The molecule has 0 bridgehead atoms. The van der Waals surface area contributed by atoms with Crippen molar-refractivity contribution in [3.05, 3.63) is 107 Å². The molecule has 27 heavy (non-hydrogen) atoms. The van der Waals surface area contributed by atoms with Gasteiger partial charge in [0.25, 0.3) is 0 Å². The Hall–Kier alpha value is -3.71. The van der Waals surface area contributed by atoms with E-state index in [1.807, 2.05) is 60.2 Å². The summed E-state index contributed by atoms with van der Waals surface area (Å²) in [6.07, 6.45) is 3.71. The summed E-state index contributed by atoms with van der Waals surface area (Å²) in [6, 6.07) is 18.9. The Morgan fingerprint density at radius 1 is 1.11 bits per heavy atom. The van der Waals surface area contributed by atoms with Crippen LogP contribution in [0, 0.1) is 13.5 Å². The molecule has 0 atom stereocenters. The lowest BCUT2D eigenvalue weighted by molar-refractivity contribution is 0.103. The van der Waals surface area contributed by atoms with Crippen molar-refractivity contribution < 1.29 is 4.79 Å². The summed E-state index contributed by atoms with van der Waals surface area (Å²) in [5.41, 5.74) is 4.86. The summed E-state index contributed by atoms with van der Waals surface area (Å²) in [5, 5.41) is 0.985. The van der Waals surface area contributed by atoms with Gasteiger partial charge in [0.1, 0.15) is 0 Å². The highest BCUT2D eigenvalue weighted by atomic mass is 16.1. The maximum atomic E-state index is 12.8. The Morgan fingerprint density at radius 3 is 2.70 bits per heavy atom. The molecule has 2 aromatic heterocycles. The van der Waals surface area contributed by atoms with Gasteiger partial charge in [-0.3, -0.25) is 9.78 Å². The molecular formula is C23H17N3O. The molecule has 4 aromatic rings. The number of aryl methyl sites for hydroxylation is 1. The maximum Gasteiger partial charge on any atom is 0.209 e. The number of benzene rings is 2. The van der Waals surface area contributed by atoms with Crippen LogP contribution in [0.15, 0.2) is 73.1 Å². The van der Waals surface area contributed by atoms with Crippen LogP contribution < -0.4 is 0 Å². The summed E-state index contributed by atoms with van der Waals surface area (Å²) in [5.74, 6) is 0.00967. The molecule has 0 unspecified atom stereocenters. The number of carbonyl (C=O) groups excluding carboxylic acids is 1. The first-order valence-corrected chi connectivity index (χ1v) is 8.67. The molecule has 0 aliphatic rings. The number of pyridine rings is 1. The summed E-state index contributed by atoms with van der Waals surface area (Å²) < 4.78 is 1.94. The predicted octanol–water partition coefficient (Wildman–Crippen LogP) is 5.17. The Morgan fingerprint density at radius 2 is 1.93 bits per heavy atom. The van der Waals surface area contributed by atoms with Crippen molar-refractivity contribution in [3.63, 3.8) is 0 Å². The van der Waals surface area contributed by atoms with Crippen LogP contribution in [-0.4, -0.2) is 15.3 Å². The number of aromatic nitrogens is 2. The zero-order valence-electron chi connectivity index (χ0n) is 14.9. The molecule has 4 rings (SSSR count). The molecule has 0 spiro atoms. The number of hydrogen-bond donors (Lipinski definition) is 0. The molecule has 4 heteroatoms. The van der Waals surface area contributed by atoms with Gasteiger partial charge in [-0.25, -0.2) is 4.85 Å². The van der Waals surface area contributed by atoms with E-state index in [1.165, 1.54) is 0 Å². The van der Waals surface area contributed by atoms with Crippen LogP contribution in [0.4, 0.5) is 5.69 Å². The first-order valence-electron chi connectivity index (χ1n) is 8.67. The third kappa shape index (κ3) is 3.36. The standard InChI is InChI=1S/C23H17N3O/c1-16-5-7-18(8-6-16)23(27)22-4-3-11-26(22)15-17-12-19-9-10-20(24-2)13-21(19)25-14-17/h3-14H,15H2,1H3. The number of rotatable bonds is 4. The van der Waals surface area contributed by atoms with E-state index in [9.17, 15) is 4.79 Å². The van der Waals surface area contributed by atoms with Gasteiger partial charge >= 0.3 is 0 Å². The Balaban J connectivity index is 1.63. The van der Waals surface area contributed by atoms with Gasteiger partial charge in [-0.15, -0.1) is 0 Å². The summed E-state index contributed by atoms with van der Waals surface area (Å²) in [7, 11) is 0. The average molecular weight is 351 g/mol. The molecule has 0 fully saturated rings. The van der Waals surface area contributed by atoms with Gasteiger partial charge in [0.15, 0.2) is 5.69 Å². The molecule has 0 aliphatic carbocycles. The fourth-order valence-electron chi connectivity index (χ4n) is 3.12. The molecule has 0 saturated carbocycles. The van der Waals surface area contributed by atoms with E-state index < -0.39 is 0 Å². The molecule has 4 nitrogen and oxygen atoms in total. The normalized spacial score (nSPS) is 10.7. The lowest BCUT2D eigenvalue weighted by atomic mass is 10.1. The van der Waals surface area contributed by atoms with Crippen molar-refractivity contribution in [2.75, 3.05) is 0 Å². The van der Waals surface area contributed by atoms with Crippen molar-refractivity contribution in [2.24, 2.45) is 0 Å². The average Bonchev–Trinajstić information content (AvgIpc) is 3.15. The predicted molar refractivity (Wildman–Crippen MR) is 106 cm³/mol. The molecule has 130 valence electrons. The Labute approximate surface area is 157 Å². The van der Waals surface area contributed by atoms with Gasteiger partial charge in [0.05, 0.1) is 17.8 Å². The first-order chi connectivity index (χ1) is 13.1. The molecular weight excluding hydrogens is 334 g/mol. The lowest BCUT2D eigenvalue weighted by Gasteiger charge is -2.10. The SMILES string of the molecule is [C-]#[N+]c1ccc2cc(Cn3cccc3C(=O)c3ccc(C)cc3)cnc2c1. The minimum Gasteiger partial charge on any atom is -0.340 e. The van der Waals surface area contributed by atoms with Crippen LogP contribution in [0.25, 0.3) is 15.7 Å². The van der Waals surface area contributed by atoms with Crippen LogP contribution in [0.2, 0.25) is 0 Å². The molecule has 2 aromatic carbocycles. The monoisotopic (exact) mass is 351 g/mol. The smallest absolute Gasteiger partial charge is 0.209 e. The third-order valence-corrected chi connectivity index (χ3v) is 4.58. The second kappa shape index (κ2) is 6.89. The van der Waals surface area contributed by atoms with Crippen LogP contribution in [-0.2, 0) is 6.54 Å². The Kier molecular flexibility index (Phi) is 4.27. The van der Waals surface area contributed by atoms with Crippen molar-refractivity contribution in [1.82, 2.24) is 9.55 Å². The number of ketones is 1. The van der Waals surface area contributed by atoms with E-state index >= 15 is 0 Å². The molecule has 0 radical (unpaired) electrons. The van der Waals surface area contributed by atoms with E-state index in [0.717, 1.165) is 22.0 Å². The second-order valence-electron chi connectivity index (χ2n) is 6.55. The number of hydrogen-bond acceptors (Lipinski definition) is 2. The Bertz CT molecular complexity index is 1180. The highest BCUT2D eigenvalue weighted by Crippen LogP contribution is 2.21. The fourth-order valence-corrected chi connectivity index (χ4v) is 3.12. The third-order valence-electron chi connectivity index (χ3n) is 4.58. The molecule has 0 amide bonds. The summed E-state index contributed by atoms with van der Waals surface area (Å²) in [4.78, 5) is 20.8. The second-order valence-corrected chi connectivity index (χ2v) is 6.55. The topological polar surface area (TPSA) is 39.2 Å². The van der Waals surface area contributed by atoms with Crippen molar-refractivity contribution >= 4 is 22.4 Å². The molecule has 0 saturated heterocycles. The van der Waals surface area contributed by atoms with E-state index in [-0.39, 0.29) is 5.78 Å². The van der Waals surface area contributed by atoms with Crippen molar-refractivity contribution in [2.45, 2.75) is 13.5 Å². The van der Waals surface area contributed by atoms with Gasteiger partial charge in [-0.1, -0.05) is 42.0 Å². The minimum absolute atomic E-state index is 0.00967. The first kappa shape index (κ1) is 16.7. The molecule has 0 N–H and O–H groups in total. The maximum absolute atomic E-state index is 12.8. The molecule has 0 aliphatic heterocycles. The van der Waals surface area contributed by atoms with E-state index in [0.29, 0.717) is 23.5 Å². The zero-order chi connectivity index (χ0) is 18.8. The van der Waals surface area contributed by atoms with E-state index in [1.54, 1.807) is 18.3 Å². The lowest BCUT2D eigenvalue weighted by Crippen LogP contribution is -2.10. The summed E-state index contributed by atoms with van der Waals surface area (Å²) in [6.45, 7) is 9.67. The number of fused-ring (bicyclic) bond motifs is 1. The van der Waals surface area contributed by atoms with Gasteiger partial charge in [-0.2, -0.15) is 0 Å². The van der Waals surface area contributed by atoms with Crippen molar-refractivity contribution in [3.8, 4) is 0 Å². The van der Waals surface area contributed by atoms with Crippen LogP contribution in [0.1, 0.15) is 27.2 Å². The quantitative estimate of drug-likeness (QED) is 0.376. The van der Waals surface area contributed by atoms with Crippen molar-refractivity contribution in [1.29, 1.82) is 0 Å². The van der Waals surface area contributed by atoms with Gasteiger partial charge < -0.3 is 4.57 Å². The van der Waals surface area contributed by atoms with Gasteiger partial charge in [0, 0.05) is 24.5 Å². The van der Waals surface area contributed by atoms with Crippen LogP contribution >= 0.6 is 0 Å².